The van der Waals surface area contributed by atoms with E-state index in [-0.39, 0.29) is 30.6 Å². The van der Waals surface area contributed by atoms with Crippen LogP contribution in [0.1, 0.15) is 29.6 Å². The fourth-order valence-electron chi connectivity index (χ4n) is 4.29. The molecule has 2 heterocycles. The van der Waals surface area contributed by atoms with Crippen LogP contribution in [0, 0.1) is 5.41 Å². The predicted molar refractivity (Wildman–Crippen MR) is 96.4 cm³/mol. The van der Waals surface area contributed by atoms with E-state index < -0.39 is 6.10 Å². The fraction of sp³-hybridized carbons (Fsp3) is 0.526. The number of aromatic nitrogens is 3. The van der Waals surface area contributed by atoms with E-state index >= 15 is 0 Å². The van der Waals surface area contributed by atoms with Gasteiger partial charge in [0.05, 0.1) is 36.7 Å². The minimum Gasteiger partial charge on any atom is -0.394 e. The average Bonchev–Trinajstić information content (AvgIpc) is 3.25. The minimum absolute atomic E-state index is 0.0215. The summed E-state index contributed by atoms with van der Waals surface area (Å²) in [5, 5.41) is 23.5. The molecule has 1 aromatic heterocycles. The Morgan fingerprint density at radius 3 is 2.74 bits per heavy atom. The van der Waals surface area contributed by atoms with Crippen LogP contribution in [-0.4, -0.2) is 74.3 Å². The van der Waals surface area contributed by atoms with Gasteiger partial charge in [0.15, 0.2) is 0 Å². The summed E-state index contributed by atoms with van der Waals surface area (Å²) in [6, 6.07) is 7.36. The number of carbonyl (C=O) groups is 1. The van der Waals surface area contributed by atoms with Gasteiger partial charge in [-0.25, -0.2) is 9.67 Å². The first kappa shape index (κ1) is 18.1. The van der Waals surface area contributed by atoms with Crippen LogP contribution < -0.4 is 0 Å². The molecule has 2 atom stereocenters. The molecular weight excluding hydrogens is 348 g/mol. The second kappa shape index (κ2) is 7.38. The third-order valence-corrected chi connectivity index (χ3v) is 5.93. The Kier molecular flexibility index (Phi) is 4.94. The zero-order valence-corrected chi connectivity index (χ0v) is 15.1. The molecule has 0 unspecified atom stereocenters. The Balaban J connectivity index is 1.47. The fourth-order valence-corrected chi connectivity index (χ4v) is 4.29. The molecule has 1 saturated heterocycles. The zero-order valence-electron chi connectivity index (χ0n) is 15.1. The van der Waals surface area contributed by atoms with Crippen molar-refractivity contribution in [3.05, 3.63) is 42.5 Å². The topological polar surface area (TPSA) is 101 Å². The number of likely N-dealkylation sites (tertiary alicyclic amines) is 1. The van der Waals surface area contributed by atoms with Crippen molar-refractivity contribution in [2.24, 2.45) is 5.41 Å². The van der Waals surface area contributed by atoms with Gasteiger partial charge in [0.2, 0.25) is 0 Å². The SMILES string of the molecule is O=C(c1ccccc1-n1cncn1)N1CCC2(CC1)[C@H](O)C[C@@H]2OCCO. The van der Waals surface area contributed by atoms with Gasteiger partial charge >= 0.3 is 0 Å². The Bertz CT molecular complexity index is 787. The number of aliphatic hydroxyl groups excluding tert-OH is 2. The molecule has 8 heteroatoms. The molecular formula is C19H24N4O4. The smallest absolute Gasteiger partial charge is 0.256 e. The number of carbonyl (C=O) groups excluding carboxylic acids is 1. The molecule has 1 amide bonds. The summed E-state index contributed by atoms with van der Waals surface area (Å²) in [6.45, 7) is 1.40. The lowest BCUT2D eigenvalue weighted by molar-refractivity contribution is -0.211. The Labute approximate surface area is 157 Å². The van der Waals surface area contributed by atoms with Crippen molar-refractivity contribution in [3.8, 4) is 5.69 Å². The molecule has 1 aliphatic heterocycles. The van der Waals surface area contributed by atoms with Gasteiger partial charge in [0.25, 0.3) is 5.91 Å². The van der Waals surface area contributed by atoms with Crippen LogP contribution in [0.25, 0.3) is 5.69 Å². The predicted octanol–water partition coefficient (Wildman–Crippen LogP) is 0.632. The lowest BCUT2D eigenvalue weighted by Gasteiger charge is -2.56. The molecule has 0 bridgehead atoms. The average molecular weight is 372 g/mol. The molecule has 4 rings (SSSR count). The van der Waals surface area contributed by atoms with Crippen molar-refractivity contribution >= 4 is 5.91 Å². The number of benzene rings is 1. The quantitative estimate of drug-likeness (QED) is 0.799. The van der Waals surface area contributed by atoms with Gasteiger partial charge in [-0.15, -0.1) is 0 Å². The van der Waals surface area contributed by atoms with Crippen molar-refractivity contribution in [1.82, 2.24) is 19.7 Å². The Hall–Kier alpha value is -2.29. The summed E-state index contributed by atoms with van der Waals surface area (Å²) in [6.07, 6.45) is 4.56. The van der Waals surface area contributed by atoms with E-state index in [4.69, 9.17) is 9.84 Å². The van der Waals surface area contributed by atoms with Crippen molar-refractivity contribution in [3.63, 3.8) is 0 Å². The lowest BCUT2D eigenvalue weighted by Crippen LogP contribution is -2.62. The number of ether oxygens (including phenoxy) is 1. The summed E-state index contributed by atoms with van der Waals surface area (Å²) in [5.41, 5.74) is 0.992. The van der Waals surface area contributed by atoms with Crippen LogP contribution in [0.2, 0.25) is 0 Å². The van der Waals surface area contributed by atoms with Crippen LogP contribution in [0.4, 0.5) is 0 Å². The highest BCUT2D eigenvalue weighted by Gasteiger charge is 2.56. The van der Waals surface area contributed by atoms with Crippen molar-refractivity contribution in [1.29, 1.82) is 0 Å². The van der Waals surface area contributed by atoms with Crippen molar-refractivity contribution < 1.29 is 19.7 Å². The maximum atomic E-state index is 13.1. The van der Waals surface area contributed by atoms with Crippen LogP contribution in [0.3, 0.4) is 0 Å². The second-order valence-corrected chi connectivity index (χ2v) is 7.22. The van der Waals surface area contributed by atoms with E-state index in [1.54, 1.807) is 17.1 Å². The van der Waals surface area contributed by atoms with Crippen molar-refractivity contribution in [2.45, 2.75) is 31.5 Å². The molecule has 27 heavy (non-hydrogen) atoms. The first-order valence-electron chi connectivity index (χ1n) is 9.29. The number of piperidine rings is 1. The van der Waals surface area contributed by atoms with Gasteiger partial charge in [-0.2, -0.15) is 5.10 Å². The summed E-state index contributed by atoms with van der Waals surface area (Å²) in [5.74, 6) is -0.0439. The Morgan fingerprint density at radius 1 is 1.30 bits per heavy atom. The molecule has 1 spiro atoms. The summed E-state index contributed by atoms with van der Waals surface area (Å²) >= 11 is 0. The normalized spacial score (nSPS) is 24.0. The molecule has 0 radical (unpaired) electrons. The van der Waals surface area contributed by atoms with Crippen LogP contribution in [0.15, 0.2) is 36.9 Å². The largest absolute Gasteiger partial charge is 0.394 e. The molecule has 1 saturated carbocycles. The summed E-state index contributed by atoms with van der Waals surface area (Å²) < 4.78 is 7.30. The van der Waals surface area contributed by atoms with Crippen LogP contribution in [0.5, 0.6) is 0 Å². The van der Waals surface area contributed by atoms with Crippen molar-refractivity contribution in [2.75, 3.05) is 26.3 Å². The number of hydrogen-bond donors (Lipinski definition) is 2. The third-order valence-electron chi connectivity index (χ3n) is 5.93. The molecule has 1 aliphatic carbocycles. The highest BCUT2D eigenvalue weighted by atomic mass is 16.5. The van der Waals surface area contributed by atoms with E-state index in [0.29, 0.717) is 43.6 Å². The number of para-hydroxylation sites is 1. The molecule has 144 valence electrons. The van der Waals surface area contributed by atoms with E-state index in [2.05, 4.69) is 10.1 Å². The molecule has 2 N–H and O–H groups in total. The van der Waals surface area contributed by atoms with Gasteiger partial charge in [-0.1, -0.05) is 12.1 Å². The van der Waals surface area contributed by atoms with E-state index in [1.165, 1.54) is 6.33 Å². The highest BCUT2D eigenvalue weighted by Crippen LogP contribution is 2.51. The number of amides is 1. The molecule has 2 aromatic rings. The molecule has 8 nitrogen and oxygen atoms in total. The molecule has 2 aliphatic rings. The highest BCUT2D eigenvalue weighted by molar-refractivity contribution is 5.97. The number of nitrogens with zero attached hydrogens (tertiary/aromatic N) is 4. The standard InChI is InChI=1S/C19H24N4O4/c24-9-10-27-17-11-16(25)19(17)5-7-22(8-6-19)18(26)14-3-1-2-4-15(14)23-13-20-12-21-23/h1-4,12-13,16-17,24-25H,5-11H2/t16-,17+/m1/s1. The lowest BCUT2D eigenvalue weighted by atomic mass is 9.58. The summed E-state index contributed by atoms with van der Waals surface area (Å²) in [7, 11) is 0. The monoisotopic (exact) mass is 372 g/mol. The zero-order chi connectivity index (χ0) is 18.9. The van der Waals surface area contributed by atoms with Crippen LogP contribution in [-0.2, 0) is 4.74 Å². The maximum absolute atomic E-state index is 13.1. The van der Waals surface area contributed by atoms with E-state index in [0.717, 1.165) is 0 Å². The first-order valence-corrected chi connectivity index (χ1v) is 9.29. The van der Waals surface area contributed by atoms with Crippen LogP contribution >= 0.6 is 0 Å². The number of rotatable bonds is 5. The first-order chi connectivity index (χ1) is 13.2. The van der Waals surface area contributed by atoms with E-state index in [9.17, 15) is 9.90 Å². The number of aliphatic hydroxyl groups is 2. The van der Waals surface area contributed by atoms with Gasteiger partial charge in [0, 0.05) is 24.9 Å². The van der Waals surface area contributed by atoms with Gasteiger partial charge in [0.1, 0.15) is 12.7 Å². The molecule has 2 fully saturated rings. The van der Waals surface area contributed by atoms with Gasteiger partial charge < -0.3 is 19.8 Å². The van der Waals surface area contributed by atoms with Gasteiger partial charge in [-0.3, -0.25) is 4.79 Å². The minimum atomic E-state index is -0.402. The summed E-state index contributed by atoms with van der Waals surface area (Å²) in [4.78, 5) is 18.9. The van der Waals surface area contributed by atoms with Gasteiger partial charge in [-0.05, 0) is 25.0 Å². The molecule has 1 aromatic carbocycles. The Morgan fingerprint density at radius 2 is 2.07 bits per heavy atom. The maximum Gasteiger partial charge on any atom is 0.256 e. The van der Waals surface area contributed by atoms with E-state index in [1.807, 2.05) is 23.1 Å². The third kappa shape index (κ3) is 3.13. The number of hydrogen-bond acceptors (Lipinski definition) is 6. The second-order valence-electron chi connectivity index (χ2n) is 7.22.